The monoisotopic (exact) mass is 344 g/mol. The minimum atomic E-state index is -0.593. The summed E-state index contributed by atoms with van der Waals surface area (Å²) in [7, 11) is 0. The highest BCUT2D eigenvalue weighted by Gasteiger charge is 2.10. The van der Waals surface area contributed by atoms with Crippen LogP contribution in [0.1, 0.15) is 31.2 Å². The van der Waals surface area contributed by atoms with Crippen molar-refractivity contribution in [3.05, 3.63) is 59.9 Å². The van der Waals surface area contributed by atoms with E-state index in [4.69, 9.17) is 9.47 Å². The molecular formula is C20H28N2O3. The molecule has 2 N–H and O–H groups in total. The van der Waals surface area contributed by atoms with Gasteiger partial charge in [-0.25, -0.2) is 0 Å². The van der Waals surface area contributed by atoms with Crippen LogP contribution in [0, 0.1) is 0 Å². The molecule has 0 bridgehead atoms. The SMILES string of the molecule is CCOCCOc1ccc(C[C@@H](C)NCC(O)c2ccccn2)cc1. The molecule has 1 unspecified atom stereocenters. The maximum Gasteiger partial charge on any atom is 0.119 e. The molecule has 0 spiro atoms. The second-order valence-electron chi connectivity index (χ2n) is 5.97. The van der Waals surface area contributed by atoms with Crippen LogP contribution in [0.25, 0.3) is 0 Å². The van der Waals surface area contributed by atoms with Gasteiger partial charge in [-0.1, -0.05) is 18.2 Å². The third-order valence-electron chi connectivity index (χ3n) is 3.85. The Balaban J connectivity index is 1.72. The van der Waals surface area contributed by atoms with Crippen molar-refractivity contribution >= 4 is 0 Å². The Hall–Kier alpha value is -1.95. The lowest BCUT2D eigenvalue weighted by molar-refractivity contribution is 0.110. The molecule has 0 saturated carbocycles. The van der Waals surface area contributed by atoms with Crippen LogP contribution in [0.2, 0.25) is 0 Å². The zero-order chi connectivity index (χ0) is 17.9. The van der Waals surface area contributed by atoms with Gasteiger partial charge in [-0.05, 0) is 50.1 Å². The van der Waals surface area contributed by atoms with E-state index in [1.165, 1.54) is 5.56 Å². The van der Waals surface area contributed by atoms with Crippen LogP contribution in [0.4, 0.5) is 0 Å². The fraction of sp³-hybridized carbons (Fsp3) is 0.450. The van der Waals surface area contributed by atoms with Crippen LogP contribution >= 0.6 is 0 Å². The molecule has 0 radical (unpaired) electrons. The molecule has 1 heterocycles. The van der Waals surface area contributed by atoms with E-state index in [0.29, 0.717) is 32.1 Å². The highest BCUT2D eigenvalue weighted by molar-refractivity contribution is 5.27. The number of aromatic nitrogens is 1. The number of hydrogen-bond donors (Lipinski definition) is 2. The van der Waals surface area contributed by atoms with E-state index in [0.717, 1.165) is 12.2 Å². The molecule has 0 aliphatic carbocycles. The van der Waals surface area contributed by atoms with Crippen LogP contribution in [0.15, 0.2) is 48.7 Å². The quantitative estimate of drug-likeness (QED) is 0.614. The van der Waals surface area contributed by atoms with Gasteiger partial charge in [0.2, 0.25) is 0 Å². The van der Waals surface area contributed by atoms with Gasteiger partial charge >= 0.3 is 0 Å². The lowest BCUT2D eigenvalue weighted by Crippen LogP contribution is -2.32. The second-order valence-corrected chi connectivity index (χ2v) is 5.97. The van der Waals surface area contributed by atoms with Gasteiger partial charge in [0.05, 0.1) is 12.3 Å². The summed E-state index contributed by atoms with van der Waals surface area (Å²) >= 11 is 0. The standard InChI is InChI=1S/C20H28N2O3/c1-3-24-12-13-25-18-9-7-17(8-10-18)14-16(2)22-15-20(23)19-6-4-5-11-21-19/h4-11,16,20,22-23H,3,12-15H2,1-2H3/t16-,20?/m1/s1. The van der Waals surface area contributed by atoms with E-state index < -0.39 is 6.10 Å². The largest absolute Gasteiger partial charge is 0.491 e. The summed E-state index contributed by atoms with van der Waals surface area (Å²) in [4.78, 5) is 4.17. The lowest BCUT2D eigenvalue weighted by Gasteiger charge is -2.17. The van der Waals surface area contributed by atoms with Crippen LogP contribution in [-0.4, -0.2) is 42.5 Å². The number of pyridine rings is 1. The number of nitrogens with zero attached hydrogens (tertiary/aromatic N) is 1. The molecular weight excluding hydrogens is 316 g/mol. The van der Waals surface area contributed by atoms with Gasteiger partial charge in [0.1, 0.15) is 18.5 Å². The second kappa shape index (κ2) is 10.8. The smallest absolute Gasteiger partial charge is 0.119 e. The Morgan fingerprint density at radius 3 is 2.60 bits per heavy atom. The van der Waals surface area contributed by atoms with Crippen LogP contribution in [0.3, 0.4) is 0 Å². The van der Waals surface area contributed by atoms with Crippen molar-refractivity contribution in [2.45, 2.75) is 32.4 Å². The average molecular weight is 344 g/mol. The zero-order valence-electron chi connectivity index (χ0n) is 15.0. The summed E-state index contributed by atoms with van der Waals surface area (Å²) in [6.07, 6.45) is 1.98. The maximum atomic E-state index is 10.1. The van der Waals surface area contributed by atoms with E-state index in [9.17, 15) is 5.11 Å². The number of aliphatic hydroxyl groups excluding tert-OH is 1. The van der Waals surface area contributed by atoms with E-state index in [1.54, 1.807) is 6.20 Å². The van der Waals surface area contributed by atoms with Gasteiger partial charge in [0.25, 0.3) is 0 Å². The summed E-state index contributed by atoms with van der Waals surface area (Å²) in [6.45, 7) is 6.45. The number of rotatable bonds is 11. The molecule has 0 fully saturated rings. The fourth-order valence-electron chi connectivity index (χ4n) is 2.50. The molecule has 5 heteroatoms. The molecule has 0 aliphatic heterocycles. The van der Waals surface area contributed by atoms with Crippen LogP contribution < -0.4 is 10.1 Å². The first-order valence-electron chi connectivity index (χ1n) is 8.81. The van der Waals surface area contributed by atoms with Crippen molar-refractivity contribution in [2.24, 2.45) is 0 Å². The number of nitrogens with one attached hydrogen (secondary N) is 1. The normalized spacial score (nSPS) is 13.4. The van der Waals surface area contributed by atoms with Crippen LogP contribution in [-0.2, 0) is 11.2 Å². The summed E-state index contributed by atoms with van der Waals surface area (Å²) in [5.74, 6) is 0.856. The molecule has 2 aromatic rings. The minimum Gasteiger partial charge on any atom is -0.491 e. The summed E-state index contributed by atoms with van der Waals surface area (Å²) in [6, 6.07) is 13.9. The Bertz CT molecular complexity index is 590. The highest BCUT2D eigenvalue weighted by atomic mass is 16.5. The molecule has 2 atom stereocenters. The molecule has 25 heavy (non-hydrogen) atoms. The number of aliphatic hydroxyl groups is 1. The predicted molar refractivity (Wildman–Crippen MR) is 98.8 cm³/mol. The third-order valence-corrected chi connectivity index (χ3v) is 3.85. The van der Waals surface area contributed by atoms with Gasteiger partial charge in [-0.15, -0.1) is 0 Å². The van der Waals surface area contributed by atoms with Gasteiger partial charge < -0.3 is 19.9 Å². The number of hydrogen-bond acceptors (Lipinski definition) is 5. The molecule has 1 aromatic carbocycles. The van der Waals surface area contributed by atoms with Crippen LogP contribution in [0.5, 0.6) is 5.75 Å². The van der Waals surface area contributed by atoms with Gasteiger partial charge in [0.15, 0.2) is 0 Å². The first-order valence-corrected chi connectivity index (χ1v) is 8.81. The molecule has 1 aromatic heterocycles. The molecule has 136 valence electrons. The minimum absolute atomic E-state index is 0.253. The Kier molecular flexibility index (Phi) is 8.39. The summed E-state index contributed by atoms with van der Waals surface area (Å²) in [5, 5.41) is 13.5. The lowest BCUT2D eigenvalue weighted by atomic mass is 10.1. The van der Waals surface area contributed by atoms with Crippen molar-refractivity contribution in [3.8, 4) is 5.75 Å². The van der Waals surface area contributed by atoms with Crippen molar-refractivity contribution < 1.29 is 14.6 Å². The summed E-state index contributed by atoms with van der Waals surface area (Å²) in [5.41, 5.74) is 1.92. The van der Waals surface area contributed by atoms with Crippen molar-refractivity contribution in [3.63, 3.8) is 0 Å². The number of benzene rings is 1. The average Bonchev–Trinajstić information content (AvgIpc) is 2.65. The predicted octanol–water partition coefficient (Wildman–Crippen LogP) is 2.75. The molecule has 5 nitrogen and oxygen atoms in total. The Labute approximate surface area is 150 Å². The third kappa shape index (κ3) is 7.22. The molecule has 0 aliphatic rings. The van der Waals surface area contributed by atoms with E-state index >= 15 is 0 Å². The highest BCUT2D eigenvalue weighted by Crippen LogP contribution is 2.14. The molecule has 0 saturated heterocycles. The Morgan fingerprint density at radius 2 is 1.92 bits per heavy atom. The first kappa shape index (κ1) is 19.4. The molecule has 2 rings (SSSR count). The van der Waals surface area contributed by atoms with E-state index in [2.05, 4.69) is 29.4 Å². The summed E-state index contributed by atoms with van der Waals surface area (Å²) < 4.78 is 10.9. The van der Waals surface area contributed by atoms with Gasteiger partial charge in [-0.3, -0.25) is 4.98 Å². The van der Waals surface area contributed by atoms with Gasteiger partial charge in [-0.2, -0.15) is 0 Å². The maximum absolute atomic E-state index is 10.1. The fourth-order valence-corrected chi connectivity index (χ4v) is 2.50. The number of ether oxygens (including phenoxy) is 2. The van der Waals surface area contributed by atoms with E-state index in [1.807, 2.05) is 37.3 Å². The van der Waals surface area contributed by atoms with Crippen molar-refractivity contribution in [1.29, 1.82) is 0 Å². The topological polar surface area (TPSA) is 63.6 Å². The zero-order valence-corrected chi connectivity index (χ0v) is 15.0. The molecule has 0 amide bonds. The first-order chi connectivity index (χ1) is 12.2. The van der Waals surface area contributed by atoms with E-state index in [-0.39, 0.29) is 6.04 Å². The van der Waals surface area contributed by atoms with Crippen molar-refractivity contribution in [2.75, 3.05) is 26.4 Å². The Morgan fingerprint density at radius 1 is 1.12 bits per heavy atom. The van der Waals surface area contributed by atoms with Gasteiger partial charge in [0, 0.05) is 25.4 Å². The van der Waals surface area contributed by atoms with Crippen molar-refractivity contribution in [1.82, 2.24) is 10.3 Å².